The lowest BCUT2D eigenvalue weighted by atomic mass is 9.84. The highest BCUT2D eigenvalue weighted by atomic mass is 79.9. The van der Waals surface area contributed by atoms with E-state index in [1.54, 1.807) is 23.9 Å². The largest absolute Gasteiger partial charge is 0.333 e. The van der Waals surface area contributed by atoms with E-state index in [2.05, 4.69) is 40.1 Å². The van der Waals surface area contributed by atoms with Crippen molar-refractivity contribution in [3.8, 4) is 0 Å². The second-order valence-corrected chi connectivity index (χ2v) is 6.75. The molecule has 0 radical (unpaired) electrons. The Morgan fingerprint density at radius 2 is 2.16 bits per heavy atom. The zero-order valence-corrected chi connectivity index (χ0v) is 13.6. The summed E-state index contributed by atoms with van der Waals surface area (Å²) in [5.41, 5.74) is 0.784. The predicted molar refractivity (Wildman–Crippen MR) is 85.5 cm³/mol. The van der Waals surface area contributed by atoms with Crippen molar-refractivity contribution in [1.29, 1.82) is 0 Å². The Morgan fingerprint density at radius 1 is 1.42 bits per heavy atom. The van der Waals surface area contributed by atoms with Crippen LogP contribution >= 0.6 is 27.7 Å². The normalized spacial score (nSPS) is 18.0. The number of nitrogens with zero attached hydrogens (tertiary/aromatic N) is 1. The highest BCUT2D eigenvalue weighted by Crippen LogP contribution is 2.35. The Bertz CT molecular complexity index is 486. The maximum absolute atomic E-state index is 13.7. The van der Waals surface area contributed by atoms with Crippen molar-refractivity contribution < 1.29 is 4.39 Å². The maximum atomic E-state index is 13.7. The van der Waals surface area contributed by atoms with Gasteiger partial charge in [-0.15, -0.1) is 0 Å². The lowest BCUT2D eigenvalue weighted by molar-refractivity contribution is 0.318. The van der Waals surface area contributed by atoms with Gasteiger partial charge in [0.15, 0.2) is 5.17 Å². The first-order chi connectivity index (χ1) is 9.08. The molecule has 1 heterocycles. The molecule has 0 fully saturated rings. The molecule has 0 atom stereocenters. The summed E-state index contributed by atoms with van der Waals surface area (Å²) < 4.78 is 14.5. The zero-order chi connectivity index (χ0) is 13.9. The third-order valence-electron chi connectivity index (χ3n) is 3.74. The van der Waals surface area contributed by atoms with Gasteiger partial charge >= 0.3 is 0 Å². The molecule has 1 aliphatic heterocycles. The SMILES string of the molecule is CCC1(CC)CN=C(Nc2cc(Br)ccc2F)SC1. The molecule has 0 aromatic heterocycles. The molecule has 1 aliphatic rings. The van der Waals surface area contributed by atoms with E-state index in [-0.39, 0.29) is 5.82 Å². The molecule has 0 spiro atoms. The smallest absolute Gasteiger partial charge is 0.161 e. The molecule has 0 saturated heterocycles. The number of anilines is 1. The van der Waals surface area contributed by atoms with Crippen LogP contribution in [0, 0.1) is 11.2 Å². The first kappa shape index (κ1) is 14.9. The average Bonchev–Trinajstić information content (AvgIpc) is 2.44. The van der Waals surface area contributed by atoms with E-state index in [1.165, 1.54) is 6.07 Å². The van der Waals surface area contributed by atoms with Gasteiger partial charge in [0, 0.05) is 16.8 Å². The fourth-order valence-electron chi connectivity index (χ4n) is 2.01. The summed E-state index contributed by atoms with van der Waals surface area (Å²) in [7, 11) is 0. The molecule has 0 aliphatic carbocycles. The summed E-state index contributed by atoms with van der Waals surface area (Å²) in [5, 5.41) is 3.90. The number of aliphatic imine (C=N–C) groups is 1. The third kappa shape index (κ3) is 3.51. The van der Waals surface area contributed by atoms with Gasteiger partial charge in [-0.05, 0) is 36.5 Å². The van der Waals surface area contributed by atoms with E-state index >= 15 is 0 Å². The van der Waals surface area contributed by atoms with Crippen LogP contribution in [0.2, 0.25) is 0 Å². The fourth-order valence-corrected chi connectivity index (χ4v) is 3.66. The highest BCUT2D eigenvalue weighted by Gasteiger charge is 2.30. The van der Waals surface area contributed by atoms with E-state index in [4.69, 9.17) is 0 Å². The maximum Gasteiger partial charge on any atom is 0.161 e. The Kier molecular flexibility index (Phi) is 4.90. The Labute approximate surface area is 126 Å². The summed E-state index contributed by atoms with van der Waals surface area (Å²) in [6.45, 7) is 5.25. The van der Waals surface area contributed by atoms with Gasteiger partial charge in [-0.1, -0.05) is 41.5 Å². The molecule has 0 amide bonds. The first-order valence-electron chi connectivity index (χ1n) is 6.48. The number of halogens is 2. The van der Waals surface area contributed by atoms with Crippen LogP contribution in [-0.4, -0.2) is 17.5 Å². The van der Waals surface area contributed by atoms with Crippen LogP contribution in [0.15, 0.2) is 27.7 Å². The van der Waals surface area contributed by atoms with Gasteiger partial charge in [0.25, 0.3) is 0 Å². The second kappa shape index (κ2) is 6.27. The second-order valence-electron chi connectivity index (χ2n) is 4.87. The van der Waals surface area contributed by atoms with Crippen molar-refractivity contribution in [2.24, 2.45) is 10.4 Å². The number of amidine groups is 1. The number of nitrogens with one attached hydrogen (secondary N) is 1. The number of hydrogen-bond acceptors (Lipinski definition) is 3. The van der Waals surface area contributed by atoms with Gasteiger partial charge in [0.05, 0.1) is 5.69 Å². The highest BCUT2D eigenvalue weighted by molar-refractivity contribution is 9.10. The van der Waals surface area contributed by atoms with Gasteiger partial charge < -0.3 is 5.32 Å². The van der Waals surface area contributed by atoms with Crippen LogP contribution in [0.25, 0.3) is 0 Å². The minimum atomic E-state index is -0.255. The van der Waals surface area contributed by atoms with Crippen molar-refractivity contribution in [1.82, 2.24) is 0 Å². The van der Waals surface area contributed by atoms with Crippen molar-refractivity contribution in [2.45, 2.75) is 26.7 Å². The van der Waals surface area contributed by atoms with Crippen LogP contribution < -0.4 is 5.32 Å². The molecule has 19 heavy (non-hydrogen) atoms. The number of benzene rings is 1. The first-order valence-corrected chi connectivity index (χ1v) is 8.26. The quantitative estimate of drug-likeness (QED) is 0.842. The van der Waals surface area contributed by atoms with Crippen molar-refractivity contribution >= 4 is 38.5 Å². The molecule has 104 valence electrons. The van der Waals surface area contributed by atoms with Crippen molar-refractivity contribution in [3.63, 3.8) is 0 Å². The molecule has 0 bridgehead atoms. The molecule has 5 heteroatoms. The molecule has 0 unspecified atom stereocenters. The molecule has 2 nitrogen and oxygen atoms in total. The molecule has 1 aromatic carbocycles. The Morgan fingerprint density at radius 3 is 2.74 bits per heavy atom. The van der Waals surface area contributed by atoms with Gasteiger partial charge in [-0.2, -0.15) is 0 Å². The minimum absolute atomic E-state index is 0.255. The lowest BCUT2D eigenvalue weighted by Gasteiger charge is -2.33. The predicted octanol–water partition coefficient (Wildman–Crippen LogP) is 4.91. The van der Waals surface area contributed by atoms with Crippen LogP contribution in [-0.2, 0) is 0 Å². The molecular formula is C14H18BrFN2S. The minimum Gasteiger partial charge on any atom is -0.333 e. The summed E-state index contributed by atoms with van der Waals surface area (Å²) >= 11 is 5.03. The summed E-state index contributed by atoms with van der Waals surface area (Å²) in [4.78, 5) is 4.58. The Hall–Kier alpha value is -0.550. The Balaban J connectivity index is 2.09. The average molecular weight is 345 g/mol. The molecule has 0 saturated carbocycles. The van der Waals surface area contributed by atoms with Crippen LogP contribution in [0.1, 0.15) is 26.7 Å². The molecule has 1 aromatic rings. The van der Waals surface area contributed by atoms with Gasteiger partial charge in [0.2, 0.25) is 0 Å². The van der Waals surface area contributed by atoms with Gasteiger partial charge in [0.1, 0.15) is 5.82 Å². The van der Waals surface area contributed by atoms with E-state index in [0.29, 0.717) is 11.1 Å². The van der Waals surface area contributed by atoms with Crippen LogP contribution in [0.4, 0.5) is 10.1 Å². The summed E-state index contributed by atoms with van der Waals surface area (Å²) in [6.07, 6.45) is 2.27. The van der Waals surface area contributed by atoms with Crippen LogP contribution in [0.5, 0.6) is 0 Å². The van der Waals surface area contributed by atoms with Crippen molar-refractivity contribution in [2.75, 3.05) is 17.6 Å². The zero-order valence-electron chi connectivity index (χ0n) is 11.2. The number of hydrogen-bond donors (Lipinski definition) is 1. The van der Waals surface area contributed by atoms with Crippen LogP contribution in [0.3, 0.4) is 0 Å². The molecule has 2 rings (SSSR count). The number of rotatable bonds is 3. The van der Waals surface area contributed by atoms with Gasteiger partial charge in [-0.25, -0.2) is 4.39 Å². The third-order valence-corrected chi connectivity index (χ3v) is 5.50. The summed E-state index contributed by atoms with van der Waals surface area (Å²) in [5.74, 6) is 0.788. The summed E-state index contributed by atoms with van der Waals surface area (Å²) in [6, 6.07) is 4.87. The monoisotopic (exact) mass is 344 g/mol. The van der Waals surface area contributed by atoms with Gasteiger partial charge in [-0.3, -0.25) is 4.99 Å². The standard InChI is InChI=1S/C14H18BrFN2S/c1-3-14(4-2)8-17-13(19-9-14)18-12-7-10(15)5-6-11(12)16/h5-7H,3-4,8-9H2,1-2H3,(H,17,18). The topological polar surface area (TPSA) is 24.4 Å². The van der Waals surface area contributed by atoms with E-state index in [9.17, 15) is 4.39 Å². The van der Waals surface area contributed by atoms with Crippen molar-refractivity contribution in [3.05, 3.63) is 28.5 Å². The van der Waals surface area contributed by atoms with E-state index in [1.807, 2.05) is 0 Å². The molecule has 1 N–H and O–H groups in total. The number of thioether (sulfide) groups is 1. The van der Waals surface area contributed by atoms with E-state index < -0.39 is 0 Å². The molecular weight excluding hydrogens is 327 g/mol. The fraction of sp³-hybridized carbons (Fsp3) is 0.500. The lowest BCUT2D eigenvalue weighted by Crippen LogP contribution is -2.32. The van der Waals surface area contributed by atoms with E-state index in [0.717, 1.165) is 34.8 Å².